The van der Waals surface area contributed by atoms with Crippen molar-refractivity contribution >= 4 is 23.4 Å². The number of amides is 2. The van der Waals surface area contributed by atoms with Gasteiger partial charge in [-0.2, -0.15) is 13.2 Å². The van der Waals surface area contributed by atoms with Crippen LogP contribution in [0.5, 0.6) is 0 Å². The Kier molecular flexibility index (Phi) is 8.17. The maximum Gasteiger partial charge on any atom is 0.416 e. The number of benzene rings is 3. The fourth-order valence-corrected chi connectivity index (χ4v) is 6.98. The molecule has 6 rings (SSSR count). The van der Waals surface area contributed by atoms with Gasteiger partial charge in [-0.1, -0.05) is 23.7 Å². The second-order valence-corrected chi connectivity index (χ2v) is 12.6. The predicted molar refractivity (Wildman–Crippen MR) is 155 cm³/mol. The molecule has 1 aliphatic carbocycles. The van der Waals surface area contributed by atoms with Gasteiger partial charge in [-0.15, -0.1) is 0 Å². The van der Waals surface area contributed by atoms with Crippen molar-refractivity contribution in [2.45, 2.75) is 50.9 Å². The van der Waals surface area contributed by atoms with Crippen LogP contribution in [-0.4, -0.2) is 47.8 Å². The molecule has 2 fully saturated rings. The van der Waals surface area contributed by atoms with E-state index < -0.39 is 35.3 Å². The van der Waals surface area contributed by atoms with Crippen LogP contribution in [0.1, 0.15) is 74.7 Å². The molecule has 1 atom stereocenters. The molecule has 232 valence electrons. The molecular formula is C33H31ClF5N3O2. The second-order valence-electron chi connectivity index (χ2n) is 12.2. The van der Waals surface area contributed by atoms with Gasteiger partial charge in [-0.25, -0.2) is 8.78 Å². The molecule has 1 unspecified atom stereocenters. The summed E-state index contributed by atoms with van der Waals surface area (Å²) in [5, 5.41) is 2.74. The summed E-state index contributed by atoms with van der Waals surface area (Å²) in [6.07, 6.45) is -0.773. The first-order chi connectivity index (χ1) is 20.9. The Bertz CT molecular complexity index is 1600. The number of halogens is 6. The van der Waals surface area contributed by atoms with Gasteiger partial charge < -0.3 is 10.2 Å². The van der Waals surface area contributed by atoms with E-state index in [1.54, 1.807) is 12.1 Å². The lowest BCUT2D eigenvalue weighted by atomic mass is 9.77. The number of nitrogens with one attached hydrogen (secondary N) is 1. The molecule has 0 saturated carbocycles. The average Bonchev–Trinajstić information content (AvgIpc) is 3.59. The van der Waals surface area contributed by atoms with Crippen LogP contribution in [0.2, 0.25) is 5.02 Å². The molecule has 5 nitrogen and oxygen atoms in total. The highest BCUT2D eigenvalue weighted by atomic mass is 35.5. The zero-order chi connectivity index (χ0) is 31.2. The molecule has 11 heteroatoms. The molecule has 3 aliphatic rings. The highest BCUT2D eigenvalue weighted by Gasteiger charge is 2.42. The maximum atomic E-state index is 14.1. The molecule has 0 bridgehead atoms. The summed E-state index contributed by atoms with van der Waals surface area (Å²) in [4.78, 5) is 30.6. The van der Waals surface area contributed by atoms with Crippen molar-refractivity contribution in [1.82, 2.24) is 15.1 Å². The van der Waals surface area contributed by atoms with Gasteiger partial charge in [0.25, 0.3) is 11.8 Å². The number of carbonyl (C=O) groups excluding carboxylic acids is 2. The molecule has 1 N–H and O–H groups in total. The summed E-state index contributed by atoms with van der Waals surface area (Å²) in [7, 11) is 0. The molecule has 2 heterocycles. The van der Waals surface area contributed by atoms with Crippen molar-refractivity contribution in [3.05, 3.63) is 105 Å². The summed E-state index contributed by atoms with van der Waals surface area (Å²) in [6, 6.07) is 11.3. The molecule has 0 radical (unpaired) electrons. The number of likely N-dealkylation sites (tertiary alicyclic amines) is 2. The zero-order valence-corrected chi connectivity index (χ0v) is 24.6. The minimum absolute atomic E-state index is 0.00897. The Balaban J connectivity index is 1.09. The Morgan fingerprint density at radius 3 is 2.43 bits per heavy atom. The summed E-state index contributed by atoms with van der Waals surface area (Å²) < 4.78 is 67.1. The number of fused-ring (bicyclic) bond motifs is 1. The molecule has 3 aromatic carbocycles. The summed E-state index contributed by atoms with van der Waals surface area (Å²) in [6.45, 7) is 3.17. The average molecular weight is 632 g/mol. The molecule has 2 aliphatic heterocycles. The summed E-state index contributed by atoms with van der Waals surface area (Å²) in [5.74, 6) is -1.94. The lowest BCUT2D eigenvalue weighted by Gasteiger charge is -2.39. The number of carbonyl (C=O) groups is 2. The topological polar surface area (TPSA) is 52.7 Å². The van der Waals surface area contributed by atoms with Gasteiger partial charge in [0.05, 0.1) is 22.2 Å². The molecular weight excluding hydrogens is 601 g/mol. The van der Waals surface area contributed by atoms with Gasteiger partial charge in [0.1, 0.15) is 11.6 Å². The number of hydrogen-bond acceptors (Lipinski definition) is 3. The van der Waals surface area contributed by atoms with E-state index in [0.29, 0.717) is 43.6 Å². The van der Waals surface area contributed by atoms with Crippen molar-refractivity contribution in [2.24, 2.45) is 5.41 Å². The standard InChI is InChI=1S/C33H31ClF5N3O2/c34-27-7-5-23(33(37,38)39)16-26(27)30(43)40-29-8-4-20-1-2-21(15-25(20)29)31(44)42-14-11-32(19-42)9-12-41(13-10-32)18-22-3-6-24(35)17-28(22)36/h1-3,5-7,15-17,29H,4,8-14,18-19H2,(H,40,43). The van der Waals surface area contributed by atoms with E-state index in [2.05, 4.69) is 10.2 Å². The van der Waals surface area contributed by atoms with E-state index in [1.807, 2.05) is 11.0 Å². The van der Waals surface area contributed by atoms with Crippen molar-refractivity contribution in [3.63, 3.8) is 0 Å². The second kappa shape index (κ2) is 11.8. The monoisotopic (exact) mass is 631 g/mol. The van der Waals surface area contributed by atoms with Crippen LogP contribution in [0.25, 0.3) is 0 Å². The molecule has 44 heavy (non-hydrogen) atoms. The largest absolute Gasteiger partial charge is 0.416 e. The number of hydrogen-bond donors (Lipinski definition) is 1. The first kappa shape index (κ1) is 30.5. The summed E-state index contributed by atoms with van der Waals surface area (Å²) in [5.41, 5.74) is 1.51. The van der Waals surface area contributed by atoms with Gasteiger partial charge in [-0.3, -0.25) is 14.5 Å². The van der Waals surface area contributed by atoms with Crippen LogP contribution in [0.15, 0.2) is 54.6 Å². The lowest BCUT2D eigenvalue weighted by Crippen LogP contribution is -2.42. The first-order valence-corrected chi connectivity index (χ1v) is 15.0. The third kappa shape index (κ3) is 6.19. The van der Waals surface area contributed by atoms with E-state index in [1.165, 1.54) is 12.1 Å². The van der Waals surface area contributed by atoms with Gasteiger partial charge in [-0.05, 0) is 98.1 Å². The number of alkyl halides is 3. The molecule has 3 aromatic rings. The Labute approximate surface area is 257 Å². The van der Waals surface area contributed by atoms with Crippen LogP contribution in [-0.2, 0) is 19.1 Å². The lowest BCUT2D eigenvalue weighted by molar-refractivity contribution is -0.137. The van der Waals surface area contributed by atoms with Gasteiger partial charge in [0.2, 0.25) is 0 Å². The molecule has 1 spiro atoms. The quantitative estimate of drug-likeness (QED) is 0.304. The van der Waals surface area contributed by atoms with Crippen molar-refractivity contribution < 1.29 is 31.5 Å². The van der Waals surface area contributed by atoms with E-state index >= 15 is 0 Å². The minimum atomic E-state index is -4.61. The van der Waals surface area contributed by atoms with E-state index in [-0.39, 0.29) is 21.9 Å². The normalized spacial score (nSPS) is 19.8. The van der Waals surface area contributed by atoms with Crippen molar-refractivity contribution in [1.29, 1.82) is 0 Å². The van der Waals surface area contributed by atoms with Crippen molar-refractivity contribution in [2.75, 3.05) is 26.2 Å². The van der Waals surface area contributed by atoms with E-state index in [4.69, 9.17) is 11.6 Å². The first-order valence-electron chi connectivity index (χ1n) is 14.7. The number of nitrogens with zero attached hydrogens (tertiary/aromatic N) is 2. The third-order valence-electron chi connectivity index (χ3n) is 9.37. The Morgan fingerprint density at radius 2 is 1.70 bits per heavy atom. The highest BCUT2D eigenvalue weighted by Crippen LogP contribution is 2.42. The van der Waals surface area contributed by atoms with Crippen LogP contribution in [0.3, 0.4) is 0 Å². The van der Waals surface area contributed by atoms with E-state index in [0.717, 1.165) is 67.7 Å². The Hall–Kier alpha value is -3.50. The van der Waals surface area contributed by atoms with Gasteiger partial charge in [0, 0.05) is 36.8 Å². The van der Waals surface area contributed by atoms with Crippen LogP contribution >= 0.6 is 11.6 Å². The van der Waals surface area contributed by atoms with Crippen LogP contribution in [0, 0.1) is 17.0 Å². The summed E-state index contributed by atoms with van der Waals surface area (Å²) >= 11 is 6.08. The smallest absolute Gasteiger partial charge is 0.345 e. The SMILES string of the molecule is O=C(NC1CCc2ccc(C(=O)N3CCC4(CCN(Cc5ccc(F)cc5F)CC4)C3)cc21)c1cc(C(F)(F)F)ccc1Cl. The highest BCUT2D eigenvalue weighted by molar-refractivity contribution is 6.33. The zero-order valence-electron chi connectivity index (χ0n) is 23.8. The molecule has 2 amide bonds. The fraction of sp³-hybridized carbons (Fsp3) is 0.394. The number of piperidine rings is 1. The maximum absolute atomic E-state index is 14.1. The van der Waals surface area contributed by atoms with Gasteiger partial charge in [0.15, 0.2) is 0 Å². The molecule has 2 saturated heterocycles. The predicted octanol–water partition coefficient (Wildman–Crippen LogP) is 7.18. The Morgan fingerprint density at radius 1 is 0.955 bits per heavy atom. The minimum Gasteiger partial charge on any atom is -0.345 e. The van der Waals surface area contributed by atoms with Gasteiger partial charge >= 0.3 is 6.18 Å². The van der Waals surface area contributed by atoms with E-state index in [9.17, 15) is 31.5 Å². The number of aryl methyl sites for hydroxylation is 1. The van der Waals surface area contributed by atoms with Crippen molar-refractivity contribution in [3.8, 4) is 0 Å². The number of rotatable bonds is 5. The van der Waals surface area contributed by atoms with Crippen LogP contribution in [0.4, 0.5) is 22.0 Å². The van der Waals surface area contributed by atoms with Crippen LogP contribution < -0.4 is 5.32 Å². The third-order valence-corrected chi connectivity index (χ3v) is 9.70. The fourth-order valence-electron chi connectivity index (χ4n) is 6.77. The molecule has 0 aromatic heterocycles.